The van der Waals surface area contributed by atoms with Crippen molar-refractivity contribution in [3.05, 3.63) is 115 Å². The normalized spacial score (nSPS) is 13.7. The van der Waals surface area contributed by atoms with Gasteiger partial charge >= 0.3 is 53.7 Å². The number of H-pyrrole nitrogens is 3. The van der Waals surface area contributed by atoms with E-state index in [1.807, 2.05) is 0 Å². The zero-order valence-electron chi connectivity index (χ0n) is 46.7. The smallest absolute Gasteiger partial charge is 0.355 e. The van der Waals surface area contributed by atoms with E-state index < -0.39 is 78.5 Å². The van der Waals surface area contributed by atoms with Crippen molar-refractivity contribution in [2.75, 3.05) is 63.4 Å². The van der Waals surface area contributed by atoms with E-state index >= 15 is 0 Å². The van der Waals surface area contributed by atoms with Crippen LogP contribution in [0.1, 0.15) is 121 Å². The lowest BCUT2D eigenvalue weighted by Gasteiger charge is -2.39. The predicted octanol–water partition coefficient (Wildman–Crippen LogP) is 3.70. The van der Waals surface area contributed by atoms with Crippen LogP contribution in [-0.4, -0.2) is 155 Å². The number of amides is 1. The van der Waals surface area contributed by atoms with Gasteiger partial charge in [-0.1, -0.05) is 30.3 Å². The predicted molar refractivity (Wildman–Crippen MR) is 282 cm³/mol. The van der Waals surface area contributed by atoms with Gasteiger partial charge < -0.3 is 62.5 Å². The number of rotatable bonds is 31. The third-order valence-corrected chi connectivity index (χ3v) is 14.4. The summed E-state index contributed by atoms with van der Waals surface area (Å²) in [7, 11) is 9.48. The highest BCUT2D eigenvalue weighted by atomic mass is 16.6. The molecule has 436 valence electrons. The van der Waals surface area contributed by atoms with Gasteiger partial charge in [-0.25, -0.2) is 4.79 Å². The highest BCUT2D eigenvalue weighted by molar-refractivity contribution is 5.92. The molecule has 24 nitrogen and oxygen atoms in total. The van der Waals surface area contributed by atoms with E-state index in [0.717, 1.165) is 7.11 Å². The molecule has 0 fully saturated rings. The highest BCUT2D eigenvalue weighted by Crippen LogP contribution is 2.45. The van der Waals surface area contributed by atoms with Crippen molar-refractivity contribution < 1.29 is 95.4 Å². The fourth-order valence-corrected chi connectivity index (χ4v) is 10.2. The average molecular weight is 1130 g/mol. The van der Waals surface area contributed by atoms with Gasteiger partial charge in [0.25, 0.3) is 0 Å². The van der Waals surface area contributed by atoms with Crippen molar-refractivity contribution in [2.24, 2.45) is 0 Å². The molecule has 0 bridgehead atoms. The highest BCUT2D eigenvalue weighted by Gasteiger charge is 2.49. The minimum atomic E-state index is -1.75. The van der Waals surface area contributed by atoms with Gasteiger partial charge in [0.05, 0.1) is 93.8 Å². The van der Waals surface area contributed by atoms with E-state index in [0.29, 0.717) is 51.9 Å². The molecule has 0 aliphatic carbocycles. The fraction of sp³-hybridized carbons (Fsp3) is 0.456. The molecule has 81 heavy (non-hydrogen) atoms. The van der Waals surface area contributed by atoms with Gasteiger partial charge in [-0.2, -0.15) is 0 Å². The number of hydrogen-bond donors (Lipinski definition) is 3. The van der Waals surface area contributed by atoms with Crippen LogP contribution in [0.5, 0.6) is 0 Å². The van der Waals surface area contributed by atoms with E-state index in [1.54, 1.807) is 30.3 Å². The zero-order chi connectivity index (χ0) is 59.4. The van der Waals surface area contributed by atoms with Crippen LogP contribution in [0.15, 0.2) is 41.5 Å². The number of esters is 9. The summed E-state index contributed by atoms with van der Waals surface area (Å²) in [5, 5.41) is 0. The van der Waals surface area contributed by atoms with Crippen molar-refractivity contribution in [3.63, 3.8) is 0 Å². The number of nitrogens with zero attached hydrogens (tertiary/aromatic N) is 1. The summed E-state index contributed by atoms with van der Waals surface area (Å²) in [5.74, 6) is -6.32. The lowest BCUT2D eigenvalue weighted by atomic mass is 9.77. The molecule has 1 aliphatic heterocycles. The Balaban J connectivity index is 1.90. The second-order valence-electron chi connectivity index (χ2n) is 18.8. The molecule has 4 heterocycles. The monoisotopic (exact) mass is 1130 g/mol. The Morgan fingerprint density at radius 2 is 0.926 bits per heavy atom. The number of ether oxygens (including phenoxy) is 9. The summed E-state index contributed by atoms with van der Waals surface area (Å²) in [6, 6.07) is 8.78. The quantitative estimate of drug-likeness (QED) is 0.0280. The van der Waals surface area contributed by atoms with Crippen LogP contribution in [0, 0.1) is 0 Å². The molecule has 5 rings (SSSR count). The van der Waals surface area contributed by atoms with Gasteiger partial charge in [-0.05, 0) is 75.8 Å². The van der Waals surface area contributed by atoms with Crippen LogP contribution in [0.4, 0.5) is 0 Å². The van der Waals surface area contributed by atoms with Crippen molar-refractivity contribution in [1.82, 2.24) is 19.9 Å². The third kappa shape index (κ3) is 15.9. The van der Waals surface area contributed by atoms with Gasteiger partial charge in [-0.3, -0.25) is 47.9 Å². The number of nitrogens with one attached hydrogen (secondary N) is 3. The summed E-state index contributed by atoms with van der Waals surface area (Å²) >= 11 is 0. The summed E-state index contributed by atoms with van der Waals surface area (Å²) in [4.78, 5) is 157. The second-order valence-corrected chi connectivity index (χ2v) is 18.8. The van der Waals surface area contributed by atoms with Crippen molar-refractivity contribution in [2.45, 2.75) is 108 Å². The first-order valence-corrected chi connectivity index (χ1v) is 25.7. The molecule has 24 heteroatoms. The Morgan fingerprint density at radius 3 is 1.42 bits per heavy atom. The Kier molecular flexibility index (Phi) is 23.3. The zero-order valence-corrected chi connectivity index (χ0v) is 46.7. The summed E-state index contributed by atoms with van der Waals surface area (Å²) in [6.45, 7) is -0.362. The van der Waals surface area contributed by atoms with E-state index in [1.165, 1.54) is 54.7 Å². The number of carbonyl (C=O) groups excluding carboxylic acids is 11. The molecule has 1 unspecified atom stereocenters. The van der Waals surface area contributed by atoms with Crippen LogP contribution in [0.3, 0.4) is 0 Å². The van der Waals surface area contributed by atoms with Gasteiger partial charge in [0.2, 0.25) is 6.41 Å². The molecule has 1 amide bonds. The van der Waals surface area contributed by atoms with Crippen molar-refractivity contribution >= 4 is 66.4 Å². The topological polar surface area (TPSA) is 321 Å². The second kappa shape index (κ2) is 29.9. The Morgan fingerprint density at radius 1 is 0.494 bits per heavy atom. The summed E-state index contributed by atoms with van der Waals surface area (Å²) in [5.41, 5.74) is 2.28. The number of aldehydes is 1. The lowest BCUT2D eigenvalue weighted by molar-refractivity contribution is -0.141. The van der Waals surface area contributed by atoms with Crippen LogP contribution in [0.25, 0.3) is 0 Å². The maximum absolute atomic E-state index is 14.4. The van der Waals surface area contributed by atoms with Crippen LogP contribution in [0.2, 0.25) is 0 Å². The first kappa shape index (κ1) is 63.0. The summed E-state index contributed by atoms with van der Waals surface area (Å²) < 4.78 is 46.3. The van der Waals surface area contributed by atoms with E-state index in [9.17, 15) is 52.7 Å². The number of aromatic nitrogens is 3. The van der Waals surface area contributed by atoms with Crippen LogP contribution < -0.4 is 0 Å². The molecule has 1 atom stereocenters. The maximum atomic E-state index is 14.4. The SMILES string of the molecule is COC(=O)CCC1=C(CC(=O)OC)C(Cc2[nH]c(Cc3[nH]c(C=O)c(CCC(=O)OC)c3CC(=O)OC)c(CCC(=O)OC)c2CC(=O)OC)(Cc2[nH]c(C(=O)OCc3ccccc3)c(CC(=O)OC)c2CCC(=O)OC)N(C=O)C1. The molecule has 0 spiro atoms. The van der Waals surface area contributed by atoms with Gasteiger partial charge in [0, 0.05) is 74.3 Å². The Hall–Kier alpha value is -8.83. The lowest BCUT2D eigenvalue weighted by Crippen LogP contribution is -2.50. The van der Waals surface area contributed by atoms with E-state index in [2.05, 4.69) is 15.0 Å². The number of carbonyl (C=O) groups is 11. The molecule has 1 aromatic carbocycles. The van der Waals surface area contributed by atoms with Crippen molar-refractivity contribution in [3.8, 4) is 0 Å². The minimum Gasteiger partial charge on any atom is -0.469 e. The molecule has 0 radical (unpaired) electrons. The number of aromatic amines is 3. The molecule has 0 saturated heterocycles. The Labute approximate surface area is 466 Å². The van der Waals surface area contributed by atoms with Crippen LogP contribution >= 0.6 is 0 Å². The molecule has 1 aliphatic rings. The number of methoxy groups -OCH3 is 8. The fourth-order valence-electron chi connectivity index (χ4n) is 10.2. The number of hydrogen-bond acceptors (Lipinski definition) is 20. The molecule has 3 aromatic heterocycles. The van der Waals surface area contributed by atoms with E-state index in [4.69, 9.17) is 42.6 Å². The first-order valence-electron chi connectivity index (χ1n) is 25.7. The molecular formula is C57H68N4O20. The average Bonchev–Trinajstić information content (AvgIpc) is 4.36. The minimum absolute atomic E-state index is 0.0197. The molecule has 3 N–H and O–H groups in total. The molecule has 4 aromatic rings. The molecular weight excluding hydrogens is 1060 g/mol. The van der Waals surface area contributed by atoms with Crippen molar-refractivity contribution in [1.29, 1.82) is 0 Å². The van der Waals surface area contributed by atoms with E-state index in [-0.39, 0.29) is 135 Å². The standard InChI is InChI=1S/C57H68N4O20/c1-73-47(64)18-14-34-29-61(32-63)57(41(34)25-54(71)80-8,27-44-37(17-21-50(67)76-4)40(24-53(70)79-7)55(60-44)56(72)81-31-33-12-10-9-11-13-33)28-45-39(23-52(69)78-6)35(15-19-48(65)74-2)42(58-45)26-43-38(22-51(68)77-5)36(46(30-62)59-43)16-20-49(66)75-3/h9-13,30,32,58-60H,14-29,31H2,1-8H3. The van der Waals surface area contributed by atoms with Crippen LogP contribution in [-0.2, 0) is 150 Å². The first-order chi connectivity index (χ1) is 38.9. The maximum Gasteiger partial charge on any atom is 0.355 e. The summed E-state index contributed by atoms with van der Waals surface area (Å²) in [6.07, 6.45) is -2.61. The Bertz CT molecular complexity index is 3020. The third-order valence-electron chi connectivity index (χ3n) is 14.4. The van der Waals surface area contributed by atoms with Gasteiger partial charge in [0.1, 0.15) is 12.3 Å². The van der Waals surface area contributed by atoms with Gasteiger partial charge in [-0.15, -0.1) is 0 Å². The molecule has 0 saturated carbocycles. The number of benzene rings is 1. The largest absolute Gasteiger partial charge is 0.469 e. The van der Waals surface area contributed by atoms with Gasteiger partial charge in [0.15, 0.2) is 6.29 Å².